The fourth-order valence-corrected chi connectivity index (χ4v) is 3.36. The Hall–Kier alpha value is -1.60. The van der Waals surface area contributed by atoms with E-state index in [1.165, 1.54) is 31.4 Å². The summed E-state index contributed by atoms with van der Waals surface area (Å²) in [6.07, 6.45) is 1.43. The highest BCUT2D eigenvalue weighted by atomic mass is 32.2. The normalized spacial score (nSPS) is 18.8. The Morgan fingerprint density at radius 3 is 2.65 bits per heavy atom. The van der Waals surface area contributed by atoms with E-state index in [4.69, 9.17) is 4.74 Å². The number of sulfonamides is 1. The number of anilines is 1. The second-order valence-electron chi connectivity index (χ2n) is 4.59. The lowest BCUT2D eigenvalue weighted by Crippen LogP contribution is -2.25. The van der Waals surface area contributed by atoms with Crippen LogP contribution in [0.4, 0.5) is 5.69 Å². The lowest BCUT2D eigenvalue weighted by molar-refractivity contribution is 0.0600. The lowest BCUT2D eigenvalue weighted by Gasteiger charge is -2.12. The summed E-state index contributed by atoms with van der Waals surface area (Å²) in [6, 6.07) is 6.07. The summed E-state index contributed by atoms with van der Waals surface area (Å²) in [5.41, 5.74) is 0.783. The maximum absolute atomic E-state index is 11.9. The number of methoxy groups -OCH3 is 1. The van der Waals surface area contributed by atoms with E-state index >= 15 is 0 Å². The average molecular weight is 299 g/mol. The van der Waals surface area contributed by atoms with Crippen LogP contribution in [0.3, 0.4) is 0 Å². The maximum Gasteiger partial charge on any atom is 0.337 e. The van der Waals surface area contributed by atoms with Gasteiger partial charge in [-0.25, -0.2) is 13.2 Å². The molecular formula is C13H17NO5S. The summed E-state index contributed by atoms with van der Waals surface area (Å²) in [4.78, 5) is 11.3. The molecule has 0 aliphatic carbocycles. The van der Waals surface area contributed by atoms with Crippen LogP contribution in [0.1, 0.15) is 23.2 Å². The summed E-state index contributed by atoms with van der Waals surface area (Å²) in [5.74, 6) is -0.509. The van der Waals surface area contributed by atoms with Crippen LogP contribution in [0.15, 0.2) is 24.3 Å². The summed E-state index contributed by atoms with van der Waals surface area (Å²) >= 11 is 0. The van der Waals surface area contributed by atoms with E-state index in [0.29, 0.717) is 17.9 Å². The smallest absolute Gasteiger partial charge is 0.337 e. The number of rotatable bonds is 5. The van der Waals surface area contributed by atoms with E-state index < -0.39 is 16.0 Å². The average Bonchev–Trinajstić information content (AvgIpc) is 2.90. The number of nitrogens with one attached hydrogen (secondary N) is 1. The van der Waals surface area contributed by atoms with Gasteiger partial charge in [0, 0.05) is 12.3 Å². The third kappa shape index (κ3) is 3.94. The predicted octanol–water partition coefficient (Wildman–Crippen LogP) is 1.39. The van der Waals surface area contributed by atoms with E-state index in [0.717, 1.165) is 12.8 Å². The van der Waals surface area contributed by atoms with Gasteiger partial charge in [-0.2, -0.15) is 0 Å². The SMILES string of the molecule is COC(=O)c1ccc(NS(=O)(=O)C[C@@H]2CCCO2)cc1. The molecular weight excluding hydrogens is 282 g/mol. The first-order chi connectivity index (χ1) is 9.50. The van der Waals surface area contributed by atoms with Crippen molar-refractivity contribution in [3.05, 3.63) is 29.8 Å². The van der Waals surface area contributed by atoms with Gasteiger partial charge in [-0.15, -0.1) is 0 Å². The second kappa shape index (κ2) is 6.23. The van der Waals surface area contributed by atoms with Crippen molar-refractivity contribution in [1.82, 2.24) is 0 Å². The molecule has 0 bridgehead atoms. The fourth-order valence-electron chi connectivity index (χ4n) is 2.03. The Morgan fingerprint density at radius 1 is 1.40 bits per heavy atom. The quantitative estimate of drug-likeness (QED) is 0.831. The van der Waals surface area contributed by atoms with Crippen molar-refractivity contribution in [1.29, 1.82) is 0 Å². The molecule has 0 saturated carbocycles. The Labute approximate surface area is 118 Å². The highest BCUT2D eigenvalue weighted by Gasteiger charge is 2.23. The van der Waals surface area contributed by atoms with Crippen molar-refractivity contribution in [3.63, 3.8) is 0 Å². The van der Waals surface area contributed by atoms with E-state index in [9.17, 15) is 13.2 Å². The monoisotopic (exact) mass is 299 g/mol. The van der Waals surface area contributed by atoms with E-state index in [1.54, 1.807) is 0 Å². The van der Waals surface area contributed by atoms with Crippen LogP contribution >= 0.6 is 0 Å². The number of esters is 1. The van der Waals surface area contributed by atoms with Crippen LogP contribution in [0.25, 0.3) is 0 Å². The Morgan fingerprint density at radius 2 is 2.10 bits per heavy atom. The van der Waals surface area contributed by atoms with Gasteiger partial charge in [0.2, 0.25) is 10.0 Å². The topological polar surface area (TPSA) is 81.7 Å². The summed E-state index contributed by atoms with van der Waals surface area (Å²) in [7, 11) is -2.16. The predicted molar refractivity (Wildman–Crippen MR) is 74.2 cm³/mol. The highest BCUT2D eigenvalue weighted by Crippen LogP contribution is 2.17. The van der Waals surface area contributed by atoms with Gasteiger partial charge in [-0.1, -0.05) is 0 Å². The van der Waals surface area contributed by atoms with Gasteiger partial charge in [0.25, 0.3) is 0 Å². The molecule has 1 saturated heterocycles. The van der Waals surface area contributed by atoms with Gasteiger partial charge in [-0.3, -0.25) is 4.72 Å². The van der Waals surface area contributed by atoms with Crippen molar-refractivity contribution in [3.8, 4) is 0 Å². The Balaban J connectivity index is 1.99. The lowest BCUT2D eigenvalue weighted by atomic mass is 10.2. The fraction of sp³-hybridized carbons (Fsp3) is 0.462. The van der Waals surface area contributed by atoms with Crippen molar-refractivity contribution in [2.24, 2.45) is 0 Å². The molecule has 0 spiro atoms. The van der Waals surface area contributed by atoms with E-state index in [1.807, 2.05) is 0 Å². The zero-order valence-corrected chi connectivity index (χ0v) is 12.0. The van der Waals surface area contributed by atoms with Crippen LogP contribution in [-0.4, -0.2) is 40.0 Å². The third-order valence-electron chi connectivity index (χ3n) is 3.01. The van der Waals surface area contributed by atoms with Crippen molar-refractivity contribution in [2.45, 2.75) is 18.9 Å². The Kier molecular flexibility index (Phi) is 4.61. The largest absolute Gasteiger partial charge is 0.465 e. The van der Waals surface area contributed by atoms with Gasteiger partial charge >= 0.3 is 5.97 Å². The molecule has 0 amide bonds. The second-order valence-corrected chi connectivity index (χ2v) is 6.35. The van der Waals surface area contributed by atoms with Crippen LogP contribution in [-0.2, 0) is 19.5 Å². The van der Waals surface area contributed by atoms with Crippen molar-refractivity contribution in [2.75, 3.05) is 24.2 Å². The molecule has 1 fully saturated rings. The van der Waals surface area contributed by atoms with Gasteiger partial charge in [0.15, 0.2) is 0 Å². The molecule has 110 valence electrons. The number of ether oxygens (including phenoxy) is 2. The molecule has 1 aromatic carbocycles. The molecule has 6 nitrogen and oxygen atoms in total. The molecule has 0 radical (unpaired) electrons. The number of carbonyl (C=O) groups is 1. The molecule has 0 aromatic heterocycles. The molecule has 1 atom stereocenters. The molecule has 1 N–H and O–H groups in total. The molecule has 1 aliphatic heterocycles. The summed E-state index contributed by atoms with van der Waals surface area (Å²) in [6.45, 7) is 0.619. The Bertz CT molecular complexity index is 561. The molecule has 1 aromatic rings. The summed E-state index contributed by atoms with van der Waals surface area (Å²) in [5, 5.41) is 0. The third-order valence-corrected chi connectivity index (χ3v) is 4.37. The maximum atomic E-state index is 11.9. The van der Waals surface area contributed by atoms with Gasteiger partial charge in [0.05, 0.1) is 24.5 Å². The number of carbonyl (C=O) groups excluding carboxylic acids is 1. The minimum atomic E-state index is -3.45. The van der Waals surface area contributed by atoms with Crippen molar-refractivity contribution >= 4 is 21.7 Å². The van der Waals surface area contributed by atoms with Gasteiger partial charge in [-0.05, 0) is 37.1 Å². The van der Waals surface area contributed by atoms with Crippen LogP contribution < -0.4 is 4.72 Å². The molecule has 2 rings (SSSR count). The first-order valence-corrected chi connectivity index (χ1v) is 7.96. The van der Waals surface area contributed by atoms with E-state index in [2.05, 4.69) is 9.46 Å². The number of hydrogen-bond acceptors (Lipinski definition) is 5. The highest BCUT2D eigenvalue weighted by molar-refractivity contribution is 7.92. The van der Waals surface area contributed by atoms with Crippen molar-refractivity contribution < 1.29 is 22.7 Å². The molecule has 0 unspecified atom stereocenters. The zero-order valence-electron chi connectivity index (χ0n) is 11.2. The van der Waals surface area contributed by atoms with E-state index in [-0.39, 0.29) is 11.9 Å². The first-order valence-electron chi connectivity index (χ1n) is 6.30. The first kappa shape index (κ1) is 14.8. The molecule has 20 heavy (non-hydrogen) atoms. The summed E-state index contributed by atoms with van der Waals surface area (Å²) < 4.78 is 36.2. The molecule has 7 heteroatoms. The molecule has 1 aliphatic rings. The van der Waals surface area contributed by atoms with Gasteiger partial charge < -0.3 is 9.47 Å². The van der Waals surface area contributed by atoms with Crippen LogP contribution in [0, 0.1) is 0 Å². The van der Waals surface area contributed by atoms with Crippen LogP contribution in [0.2, 0.25) is 0 Å². The number of benzene rings is 1. The van der Waals surface area contributed by atoms with Gasteiger partial charge in [0.1, 0.15) is 0 Å². The standard InChI is InChI=1S/C13H17NO5S/c1-18-13(15)10-4-6-11(7-5-10)14-20(16,17)9-12-3-2-8-19-12/h4-7,12,14H,2-3,8-9H2,1H3/t12-/m0/s1. The van der Waals surface area contributed by atoms with Crippen LogP contribution in [0.5, 0.6) is 0 Å². The minimum Gasteiger partial charge on any atom is -0.465 e. The number of hydrogen-bond donors (Lipinski definition) is 1. The molecule has 1 heterocycles. The zero-order chi connectivity index (χ0) is 14.6. The minimum absolute atomic E-state index is 0.0498.